The van der Waals surface area contributed by atoms with E-state index in [9.17, 15) is 0 Å². The fraction of sp³-hybridized carbons (Fsp3) is 0.556. The Labute approximate surface area is 86.1 Å². The summed E-state index contributed by atoms with van der Waals surface area (Å²) in [5.41, 5.74) is 10.9. The first kappa shape index (κ1) is 15.3. The van der Waals surface area contributed by atoms with Crippen LogP contribution in [0.3, 0.4) is 0 Å². The molecule has 0 spiro atoms. The van der Waals surface area contributed by atoms with Gasteiger partial charge in [-0.3, -0.25) is 4.90 Å². The molecule has 5 nitrogen and oxygen atoms in total. The van der Waals surface area contributed by atoms with E-state index >= 15 is 0 Å². The van der Waals surface area contributed by atoms with E-state index in [1.165, 1.54) is 7.05 Å². The molecule has 0 radical (unpaired) electrons. The molecule has 0 unspecified atom stereocenters. The van der Waals surface area contributed by atoms with E-state index in [-0.39, 0.29) is 0 Å². The number of likely N-dealkylation sites (N-methyl/N-ethyl adjacent to an activating group) is 1. The van der Waals surface area contributed by atoms with Crippen molar-refractivity contribution in [2.24, 2.45) is 11.5 Å². The van der Waals surface area contributed by atoms with Gasteiger partial charge in [0.05, 0.1) is 6.26 Å². The molecule has 0 aromatic carbocycles. The summed E-state index contributed by atoms with van der Waals surface area (Å²) in [6.07, 6.45) is 2.38. The summed E-state index contributed by atoms with van der Waals surface area (Å²) in [6.45, 7) is 5.99. The first-order valence-corrected chi connectivity index (χ1v) is 4.40. The normalized spacial score (nSPS) is 18.1. The summed E-state index contributed by atoms with van der Waals surface area (Å²) < 4.78 is 0. The summed E-state index contributed by atoms with van der Waals surface area (Å²) >= 11 is 0. The van der Waals surface area contributed by atoms with Gasteiger partial charge in [0.25, 0.3) is 0 Å². The van der Waals surface area contributed by atoms with Crippen molar-refractivity contribution >= 4 is 0 Å². The topological polar surface area (TPSA) is 87.5 Å². The highest BCUT2D eigenvalue weighted by molar-refractivity contribution is 5.01. The molecule has 1 rings (SSSR count). The lowest BCUT2D eigenvalue weighted by molar-refractivity contribution is 0.322. The van der Waals surface area contributed by atoms with Gasteiger partial charge in [0.1, 0.15) is 0 Å². The molecule has 0 aliphatic carbocycles. The summed E-state index contributed by atoms with van der Waals surface area (Å²) in [4.78, 5) is 2.23. The third-order valence-electron chi connectivity index (χ3n) is 1.49. The van der Waals surface area contributed by atoms with Crippen LogP contribution in [0.1, 0.15) is 0 Å². The summed E-state index contributed by atoms with van der Waals surface area (Å²) in [5.74, 6) is 0. The van der Waals surface area contributed by atoms with Crippen molar-refractivity contribution in [2.75, 3.05) is 33.7 Å². The van der Waals surface area contributed by atoms with Crippen molar-refractivity contribution in [3.05, 3.63) is 24.7 Å². The number of hydrogen-bond acceptors (Lipinski definition) is 5. The van der Waals surface area contributed by atoms with Gasteiger partial charge < -0.3 is 21.9 Å². The van der Waals surface area contributed by atoms with Crippen molar-refractivity contribution < 1.29 is 5.11 Å². The van der Waals surface area contributed by atoms with Crippen LogP contribution in [-0.4, -0.2) is 43.7 Å². The van der Waals surface area contributed by atoms with Crippen LogP contribution in [0.2, 0.25) is 0 Å². The van der Waals surface area contributed by atoms with Crippen molar-refractivity contribution in [3.8, 4) is 0 Å². The highest BCUT2D eigenvalue weighted by Gasteiger charge is 2.06. The number of nitrogens with two attached hydrogens (primary N) is 2. The number of nitrogens with zero attached hydrogens (tertiary/aromatic N) is 1. The monoisotopic (exact) mass is 202 g/mol. The molecule has 14 heavy (non-hydrogen) atoms. The van der Waals surface area contributed by atoms with Gasteiger partial charge in [0, 0.05) is 31.5 Å². The number of rotatable bonds is 0. The molecule has 0 bridgehead atoms. The summed E-state index contributed by atoms with van der Waals surface area (Å²) in [6, 6.07) is 0. The Bertz CT molecular complexity index is 159. The van der Waals surface area contributed by atoms with Crippen molar-refractivity contribution in [2.45, 2.75) is 0 Å². The molecular formula is C9H22N4O. The Hall–Kier alpha value is -1.20. The second kappa shape index (κ2) is 11.8. The predicted molar refractivity (Wildman–Crippen MR) is 60.7 cm³/mol. The molecule has 1 fully saturated rings. The highest BCUT2D eigenvalue weighted by atomic mass is 16.2. The lowest BCUT2D eigenvalue weighted by Crippen LogP contribution is -2.39. The Morgan fingerprint density at radius 1 is 1.57 bits per heavy atom. The molecule has 1 aliphatic rings. The van der Waals surface area contributed by atoms with E-state index in [4.69, 9.17) is 10.8 Å². The van der Waals surface area contributed by atoms with Gasteiger partial charge in [-0.15, -0.1) is 0 Å². The minimum atomic E-state index is 0.750. The Morgan fingerprint density at radius 3 is 2.36 bits per heavy atom. The summed E-state index contributed by atoms with van der Waals surface area (Å²) in [7, 11) is 3.59. The average molecular weight is 202 g/mol. The van der Waals surface area contributed by atoms with Crippen LogP contribution in [0.15, 0.2) is 24.7 Å². The maximum Gasteiger partial charge on any atom is 0.0719 e. The van der Waals surface area contributed by atoms with Crippen LogP contribution in [0.4, 0.5) is 0 Å². The second-order valence-electron chi connectivity index (χ2n) is 2.54. The standard InChI is InChI=1S/C6H13N3.C2H4O.CH5N/c1-9-3-2-8-6(4-7)5-9;1-2-3;1-2/h4,8H,2-3,5,7H2,1H3;2-3H,1H2;2H2,1H3/b6-4-;;. The van der Waals surface area contributed by atoms with Gasteiger partial charge in [0.15, 0.2) is 0 Å². The quantitative estimate of drug-likeness (QED) is 0.401. The molecule has 0 aromatic rings. The minimum absolute atomic E-state index is 0.750. The average Bonchev–Trinajstić information content (AvgIpc) is 2.22. The van der Waals surface area contributed by atoms with Crippen molar-refractivity contribution in [3.63, 3.8) is 0 Å². The maximum atomic E-state index is 7.33. The van der Waals surface area contributed by atoms with E-state index in [2.05, 4.69) is 29.6 Å². The zero-order valence-corrected chi connectivity index (χ0v) is 9.03. The van der Waals surface area contributed by atoms with Crippen molar-refractivity contribution in [1.29, 1.82) is 0 Å². The molecule has 0 atom stereocenters. The lowest BCUT2D eigenvalue weighted by atomic mass is 10.3. The van der Waals surface area contributed by atoms with E-state index in [0.29, 0.717) is 0 Å². The molecule has 84 valence electrons. The first-order valence-electron chi connectivity index (χ1n) is 4.40. The smallest absolute Gasteiger partial charge is 0.0719 e. The molecule has 5 heteroatoms. The highest BCUT2D eigenvalue weighted by Crippen LogP contribution is 1.95. The molecule has 1 aliphatic heterocycles. The largest absolute Gasteiger partial charge is 0.516 e. The molecule has 0 aromatic heterocycles. The van der Waals surface area contributed by atoms with Gasteiger partial charge in [0.2, 0.25) is 0 Å². The van der Waals surface area contributed by atoms with E-state index in [1.807, 2.05) is 0 Å². The van der Waals surface area contributed by atoms with Gasteiger partial charge in [-0.25, -0.2) is 0 Å². The predicted octanol–water partition coefficient (Wildman–Crippen LogP) is -0.416. The van der Waals surface area contributed by atoms with Crippen LogP contribution in [-0.2, 0) is 0 Å². The second-order valence-corrected chi connectivity index (χ2v) is 2.54. The van der Waals surface area contributed by atoms with Gasteiger partial charge >= 0.3 is 0 Å². The number of aliphatic hydroxyl groups is 1. The maximum absolute atomic E-state index is 7.33. The Morgan fingerprint density at radius 2 is 2.07 bits per heavy atom. The van der Waals surface area contributed by atoms with E-state index < -0.39 is 0 Å². The zero-order valence-electron chi connectivity index (χ0n) is 9.03. The lowest BCUT2D eigenvalue weighted by Gasteiger charge is -2.25. The third kappa shape index (κ3) is 8.89. The molecule has 1 saturated heterocycles. The van der Waals surface area contributed by atoms with Crippen LogP contribution in [0.5, 0.6) is 0 Å². The Balaban J connectivity index is 0. The fourth-order valence-corrected chi connectivity index (χ4v) is 0.945. The van der Waals surface area contributed by atoms with Crippen LogP contribution >= 0.6 is 0 Å². The Kier molecular flexibility index (Phi) is 12.9. The van der Waals surface area contributed by atoms with Crippen LogP contribution < -0.4 is 16.8 Å². The molecule has 6 N–H and O–H groups in total. The first-order chi connectivity index (χ1) is 6.74. The minimum Gasteiger partial charge on any atom is -0.516 e. The summed E-state index contributed by atoms with van der Waals surface area (Å²) in [5, 5.41) is 10.5. The van der Waals surface area contributed by atoms with Crippen molar-refractivity contribution in [1.82, 2.24) is 10.2 Å². The fourth-order valence-electron chi connectivity index (χ4n) is 0.945. The molecule has 0 amide bonds. The van der Waals surface area contributed by atoms with Gasteiger partial charge in [-0.2, -0.15) is 0 Å². The van der Waals surface area contributed by atoms with Gasteiger partial charge in [-0.1, -0.05) is 6.58 Å². The number of nitrogens with one attached hydrogen (secondary N) is 1. The number of piperazine rings is 1. The molecule has 0 saturated carbocycles. The zero-order chi connectivity index (χ0) is 11.4. The third-order valence-corrected chi connectivity index (χ3v) is 1.49. The van der Waals surface area contributed by atoms with Gasteiger partial charge in [-0.05, 0) is 14.1 Å². The molecular weight excluding hydrogens is 180 g/mol. The molecule has 1 heterocycles. The number of aliphatic hydroxyl groups excluding tert-OH is 1. The van der Waals surface area contributed by atoms with E-state index in [0.717, 1.165) is 31.6 Å². The van der Waals surface area contributed by atoms with Crippen LogP contribution in [0, 0.1) is 0 Å². The van der Waals surface area contributed by atoms with Crippen LogP contribution in [0.25, 0.3) is 0 Å². The SMILES string of the molecule is C=CO.CN.CN1CCN/C(=C\N)C1. The number of hydrogen-bond donors (Lipinski definition) is 4. The van der Waals surface area contributed by atoms with E-state index in [1.54, 1.807) is 6.20 Å².